The van der Waals surface area contributed by atoms with Crippen LogP contribution in [0.15, 0.2) is 0 Å². The molecule has 1 atom stereocenters. The summed E-state index contributed by atoms with van der Waals surface area (Å²) < 4.78 is 36.4. The molecule has 0 saturated heterocycles. The van der Waals surface area contributed by atoms with Crippen molar-refractivity contribution in [1.29, 1.82) is 0 Å². The minimum Gasteiger partial charge on any atom is -0.481 e. The molecule has 4 nitrogen and oxygen atoms in total. The van der Waals surface area contributed by atoms with Crippen molar-refractivity contribution in [2.45, 2.75) is 45.2 Å². The van der Waals surface area contributed by atoms with Gasteiger partial charge in [-0.15, -0.1) is 0 Å². The van der Waals surface area contributed by atoms with E-state index in [4.69, 9.17) is 5.11 Å². The third-order valence-corrected chi connectivity index (χ3v) is 2.50. The van der Waals surface area contributed by atoms with E-state index in [2.05, 4.69) is 5.32 Å². The van der Waals surface area contributed by atoms with Crippen molar-refractivity contribution in [3.63, 3.8) is 0 Å². The Kier molecular flexibility index (Phi) is 7.38. The molecule has 7 heteroatoms. The molecule has 0 aliphatic rings. The summed E-state index contributed by atoms with van der Waals surface area (Å²) in [6.45, 7) is 1.01. The second-order valence-electron chi connectivity index (χ2n) is 4.11. The van der Waals surface area contributed by atoms with Gasteiger partial charge in [0.05, 0.1) is 0 Å². The number of aliphatic carboxylic acids is 1. The summed E-state index contributed by atoms with van der Waals surface area (Å²) in [6.07, 6.45) is -1.94. The van der Waals surface area contributed by atoms with Gasteiger partial charge in [-0.2, -0.15) is 13.2 Å². The molecule has 2 N–H and O–H groups in total. The van der Waals surface area contributed by atoms with Crippen LogP contribution in [0.5, 0.6) is 0 Å². The quantitative estimate of drug-likeness (QED) is 0.665. The lowest BCUT2D eigenvalue weighted by Gasteiger charge is -2.15. The van der Waals surface area contributed by atoms with Crippen molar-refractivity contribution in [3.8, 4) is 0 Å². The first kappa shape index (κ1) is 16.7. The van der Waals surface area contributed by atoms with Gasteiger partial charge < -0.3 is 10.4 Å². The van der Waals surface area contributed by atoms with E-state index in [9.17, 15) is 22.8 Å². The van der Waals surface area contributed by atoms with Crippen LogP contribution in [0, 0.1) is 5.92 Å². The van der Waals surface area contributed by atoms with Crippen molar-refractivity contribution in [1.82, 2.24) is 5.32 Å². The predicted octanol–water partition coefficient (Wildman–Crippen LogP) is 2.34. The van der Waals surface area contributed by atoms with Crippen LogP contribution in [0.3, 0.4) is 0 Å². The number of carboxylic acids is 1. The fraction of sp³-hybridized carbons (Fsp3) is 0.818. The van der Waals surface area contributed by atoms with Gasteiger partial charge in [0, 0.05) is 13.0 Å². The van der Waals surface area contributed by atoms with E-state index >= 15 is 0 Å². The largest absolute Gasteiger partial charge is 0.481 e. The SMILES string of the molecule is CC(C(=O)NCCCCCCC(=O)O)C(F)(F)F. The molecule has 18 heavy (non-hydrogen) atoms. The smallest absolute Gasteiger partial charge is 0.400 e. The first-order chi connectivity index (χ1) is 8.25. The highest BCUT2D eigenvalue weighted by molar-refractivity contribution is 5.78. The van der Waals surface area contributed by atoms with E-state index in [0.29, 0.717) is 25.7 Å². The van der Waals surface area contributed by atoms with Gasteiger partial charge in [0.1, 0.15) is 5.92 Å². The van der Waals surface area contributed by atoms with Crippen LogP contribution in [0.2, 0.25) is 0 Å². The summed E-state index contributed by atoms with van der Waals surface area (Å²) in [5, 5.41) is 10.6. The van der Waals surface area contributed by atoms with Gasteiger partial charge >= 0.3 is 12.1 Å². The Morgan fingerprint density at radius 1 is 1.17 bits per heavy atom. The molecule has 0 aromatic carbocycles. The van der Waals surface area contributed by atoms with Crippen LogP contribution in [-0.2, 0) is 9.59 Å². The van der Waals surface area contributed by atoms with Crippen LogP contribution in [0.25, 0.3) is 0 Å². The maximum atomic E-state index is 12.1. The summed E-state index contributed by atoms with van der Waals surface area (Å²) in [5.41, 5.74) is 0. The molecule has 1 unspecified atom stereocenters. The Hall–Kier alpha value is -1.27. The van der Waals surface area contributed by atoms with Crippen molar-refractivity contribution in [2.24, 2.45) is 5.92 Å². The van der Waals surface area contributed by atoms with Gasteiger partial charge in [-0.3, -0.25) is 9.59 Å². The lowest BCUT2D eigenvalue weighted by Crippen LogP contribution is -2.37. The molecule has 0 aliphatic carbocycles. The fourth-order valence-electron chi connectivity index (χ4n) is 1.27. The Bertz CT molecular complexity index is 279. The number of hydrogen-bond donors (Lipinski definition) is 2. The summed E-state index contributed by atoms with van der Waals surface area (Å²) in [4.78, 5) is 21.2. The number of unbranched alkanes of at least 4 members (excludes halogenated alkanes) is 3. The highest BCUT2D eigenvalue weighted by atomic mass is 19.4. The van der Waals surface area contributed by atoms with E-state index in [-0.39, 0.29) is 13.0 Å². The zero-order valence-corrected chi connectivity index (χ0v) is 10.2. The number of alkyl halides is 3. The summed E-state index contributed by atoms with van der Waals surface area (Å²) >= 11 is 0. The zero-order valence-electron chi connectivity index (χ0n) is 10.2. The molecule has 0 aliphatic heterocycles. The average Bonchev–Trinajstić information content (AvgIpc) is 2.24. The number of amides is 1. The lowest BCUT2D eigenvalue weighted by molar-refractivity contribution is -0.178. The van der Waals surface area contributed by atoms with E-state index in [1.165, 1.54) is 0 Å². The normalized spacial score (nSPS) is 13.1. The summed E-state index contributed by atoms with van der Waals surface area (Å²) in [6, 6.07) is 0. The van der Waals surface area contributed by atoms with Gasteiger partial charge in [0.25, 0.3) is 0 Å². The van der Waals surface area contributed by atoms with Gasteiger partial charge in [-0.1, -0.05) is 12.8 Å². The van der Waals surface area contributed by atoms with E-state index in [0.717, 1.165) is 6.92 Å². The maximum Gasteiger partial charge on any atom is 0.400 e. The minimum absolute atomic E-state index is 0.0947. The molecule has 0 rings (SSSR count). The second-order valence-corrected chi connectivity index (χ2v) is 4.11. The van der Waals surface area contributed by atoms with Crippen LogP contribution < -0.4 is 5.32 Å². The molecular weight excluding hydrogens is 251 g/mol. The molecule has 0 spiro atoms. The Morgan fingerprint density at radius 3 is 2.22 bits per heavy atom. The van der Waals surface area contributed by atoms with Crippen molar-refractivity contribution in [2.75, 3.05) is 6.54 Å². The third-order valence-electron chi connectivity index (χ3n) is 2.50. The van der Waals surface area contributed by atoms with Crippen molar-refractivity contribution in [3.05, 3.63) is 0 Å². The van der Waals surface area contributed by atoms with Crippen LogP contribution >= 0.6 is 0 Å². The summed E-state index contributed by atoms with van der Waals surface area (Å²) in [7, 11) is 0. The highest BCUT2D eigenvalue weighted by Crippen LogP contribution is 2.25. The van der Waals surface area contributed by atoms with Crippen LogP contribution in [0.4, 0.5) is 13.2 Å². The Morgan fingerprint density at radius 2 is 1.72 bits per heavy atom. The van der Waals surface area contributed by atoms with E-state index in [1.54, 1.807) is 0 Å². The minimum atomic E-state index is -4.51. The number of nitrogens with one attached hydrogen (secondary N) is 1. The number of carbonyl (C=O) groups excluding carboxylic acids is 1. The molecule has 0 aromatic heterocycles. The van der Waals surface area contributed by atoms with Crippen LogP contribution in [0.1, 0.15) is 39.0 Å². The number of carboxylic acid groups (broad SMARTS) is 1. The number of carbonyl (C=O) groups is 2. The van der Waals surface area contributed by atoms with E-state index in [1.807, 2.05) is 0 Å². The zero-order chi connectivity index (χ0) is 14.2. The first-order valence-electron chi connectivity index (χ1n) is 5.81. The van der Waals surface area contributed by atoms with Crippen molar-refractivity contribution >= 4 is 11.9 Å². The van der Waals surface area contributed by atoms with Gasteiger partial charge in [-0.25, -0.2) is 0 Å². The molecule has 1 amide bonds. The van der Waals surface area contributed by atoms with Gasteiger partial charge in [0.2, 0.25) is 5.91 Å². The summed E-state index contributed by atoms with van der Waals surface area (Å²) in [5.74, 6) is -3.88. The van der Waals surface area contributed by atoms with Crippen LogP contribution in [-0.4, -0.2) is 29.7 Å². The molecular formula is C11H18F3NO3. The molecule has 106 valence electrons. The highest BCUT2D eigenvalue weighted by Gasteiger charge is 2.40. The molecule has 0 radical (unpaired) electrons. The molecule has 0 aromatic rings. The average molecular weight is 269 g/mol. The second kappa shape index (κ2) is 7.94. The maximum absolute atomic E-state index is 12.1. The van der Waals surface area contributed by atoms with Gasteiger partial charge in [-0.05, 0) is 19.8 Å². The lowest BCUT2D eigenvalue weighted by atomic mass is 10.1. The monoisotopic (exact) mass is 269 g/mol. The fourth-order valence-corrected chi connectivity index (χ4v) is 1.27. The number of halogens is 3. The first-order valence-corrected chi connectivity index (χ1v) is 5.81. The molecule has 0 saturated carbocycles. The van der Waals surface area contributed by atoms with Gasteiger partial charge in [0.15, 0.2) is 0 Å². The Labute approximate surface area is 104 Å². The molecule has 0 heterocycles. The topological polar surface area (TPSA) is 66.4 Å². The molecule has 0 bridgehead atoms. The third kappa shape index (κ3) is 7.92. The number of hydrogen-bond acceptors (Lipinski definition) is 2. The standard InChI is InChI=1S/C11H18F3NO3/c1-8(11(12,13)14)10(18)15-7-5-3-2-4-6-9(16)17/h8H,2-7H2,1H3,(H,15,18)(H,16,17). The predicted molar refractivity (Wildman–Crippen MR) is 58.9 cm³/mol. The number of rotatable bonds is 8. The van der Waals surface area contributed by atoms with Crippen molar-refractivity contribution < 1.29 is 27.9 Å². The van der Waals surface area contributed by atoms with E-state index < -0.39 is 24.0 Å². The Balaban J connectivity index is 3.55. The molecule has 0 fully saturated rings.